The van der Waals surface area contributed by atoms with Crippen LogP contribution in [0.25, 0.3) is 11.0 Å². The third-order valence-electron chi connectivity index (χ3n) is 4.85. The van der Waals surface area contributed by atoms with Crippen LogP contribution >= 0.6 is 0 Å². The summed E-state index contributed by atoms with van der Waals surface area (Å²) >= 11 is 0. The van der Waals surface area contributed by atoms with Gasteiger partial charge < -0.3 is 9.15 Å². The third-order valence-corrected chi connectivity index (χ3v) is 4.85. The molecule has 5 nitrogen and oxygen atoms in total. The third kappa shape index (κ3) is 2.38. The van der Waals surface area contributed by atoms with Crippen LogP contribution in [-0.4, -0.2) is 6.61 Å². The van der Waals surface area contributed by atoms with E-state index in [0.717, 1.165) is 28.8 Å². The smallest absolute Gasteiger partial charge is 0.354 e. The number of hydrogen-bond acceptors (Lipinski definition) is 4. The minimum absolute atomic E-state index is 0.0692. The molecular formula is C20H17N2O3+. The first-order valence-corrected chi connectivity index (χ1v) is 8.18. The lowest BCUT2D eigenvalue weighted by Crippen LogP contribution is -2.36. The molecule has 0 spiro atoms. The Morgan fingerprint density at radius 2 is 2.00 bits per heavy atom. The van der Waals surface area contributed by atoms with Crippen molar-refractivity contribution >= 4 is 11.0 Å². The van der Waals surface area contributed by atoms with Crippen LogP contribution in [0.1, 0.15) is 28.2 Å². The van der Waals surface area contributed by atoms with Gasteiger partial charge in [-0.1, -0.05) is 6.07 Å². The first kappa shape index (κ1) is 15.4. The molecule has 1 unspecified atom stereocenters. The predicted octanol–water partition coefficient (Wildman–Crippen LogP) is 2.75. The highest BCUT2D eigenvalue weighted by Gasteiger charge is 2.31. The summed E-state index contributed by atoms with van der Waals surface area (Å²) in [6.07, 6.45) is 4.06. The lowest BCUT2D eigenvalue weighted by Gasteiger charge is -2.11. The number of ether oxygens (including phenoxy) is 1. The van der Waals surface area contributed by atoms with E-state index in [1.165, 1.54) is 0 Å². The second-order valence-electron chi connectivity index (χ2n) is 6.38. The molecular weight excluding hydrogens is 316 g/mol. The fourth-order valence-corrected chi connectivity index (χ4v) is 3.51. The molecule has 0 N–H and O–H groups in total. The monoisotopic (exact) mass is 333 g/mol. The number of aryl methyl sites for hydroxylation is 2. The van der Waals surface area contributed by atoms with Gasteiger partial charge in [-0.25, -0.2) is 9.36 Å². The van der Waals surface area contributed by atoms with Gasteiger partial charge in [-0.15, -0.1) is 0 Å². The minimum Gasteiger partial charge on any atom is -0.492 e. The Balaban J connectivity index is 1.89. The van der Waals surface area contributed by atoms with E-state index >= 15 is 0 Å². The van der Waals surface area contributed by atoms with Crippen molar-refractivity contribution in [1.82, 2.24) is 0 Å². The molecule has 0 bridgehead atoms. The maximum absolute atomic E-state index is 12.0. The first-order chi connectivity index (χ1) is 12.1. The fraction of sp³-hybridized carbons (Fsp3) is 0.250. The van der Waals surface area contributed by atoms with Crippen LogP contribution in [0.3, 0.4) is 0 Å². The predicted molar refractivity (Wildman–Crippen MR) is 91.5 cm³/mol. The van der Waals surface area contributed by atoms with Gasteiger partial charge in [0.15, 0.2) is 18.9 Å². The van der Waals surface area contributed by atoms with E-state index in [1.807, 2.05) is 49.7 Å². The highest BCUT2D eigenvalue weighted by Crippen LogP contribution is 2.41. The van der Waals surface area contributed by atoms with Gasteiger partial charge in [0.1, 0.15) is 29.6 Å². The van der Waals surface area contributed by atoms with Crippen LogP contribution in [0.2, 0.25) is 0 Å². The van der Waals surface area contributed by atoms with Crippen molar-refractivity contribution in [3.8, 4) is 11.8 Å². The van der Waals surface area contributed by atoms with Crippen LogP contribution in [0.5, 0.6) is 5.75 Å². The van der Waals surface area contributed by atoms with Crippen molar-refractivity contribution in [1.29, 1.82) is 5.26 Å². The molecule has 1 atom stereocenters. The zero-order chi connectivity index (χ0) is 17.6. The first-order valence-electron chi connectivity index (χ1n) is 8.18. The molecule has 0 saturated heterocycles. The number of aromatic nitrogens is 1. The van der Waals surface area contributed by atoms with E-state index in [2.05, 4.69) is 4.57 Å². The number of benzene rings is 1. The lowest BCUT2D eigenvalue weighted by atomic mass is 9.94. The molecule has 3 heterocycles. The van der Waals surface area contributed by atoms with Crippen molar-refractivity contribution in [2.45, 2.75) is 26.3 Å². The van der Waals surface area contributed by atoms with E-state index in [0.29, 0.717) is 17.8 Å². The zero-order valence-corrected chi connectivity index (χ0v) is 14.1. The highest BCUT2D eigenvalue weighted by molar-refractivity contribution is 5.88. The lowest BCUT2D eigenvalue weighted by molar-refractivity contribution is -0.699. The van der Waals surface area contributed by atoms with Gasteiger partial charge in [0.2, 0.25) is 0 Å². The Labute approximate surface area is 144 Å². The maximum Gasteiger partial charge on any atom is 0.354 e. The van der Waals surface area contributed by atoms with Crippen molar-refractivity contribution in [2.24, 2.45) is 0 Å². The molecule has 0 radical (unpaired) electrons. The van der Waals surface area contributed by atoms with Crippen LogP contribution in [0.4, 0.5) is 0 Å². The number of rotatable bonds is 2. The Kier molecular flexibility index (Phi) is 3.54. The van der Waals surface area contributed by atoms with Crippen molar-refractivity contribution in [3.63, 3.8) is 0 Å². The summed E-state index contributed by atoms with van der Waals surface area (Å²) in [5.41, 5.74) is 2.57. The number of hydrogen-bond donors (Lipinski definition) is 0. The van der Waals surface area contributed by atoms with E-state index < -0.39 is 5.63 Å². The normalized spacial score (nSPS) is 15.6. The SMILES string of the molecule is Cc1c(C#N)c(=O)oc2c(C)c3c(cc12)C(C[n+]1ccccc1)CO3. The number of fused-ring (bicyclic) bond motifs is 2. The molecule has 25 heavy (non-hydrogen) atoms. The molecule has 1 aliphatic heterocycles. The Morgan fingerprint density at radius 3 is 2.72 bits per heavy atom. The summed E-state index contributed by atoms with van der Waals surface area (Å²) in [6.45, 7) is 5.08. The van der Waals surface area contributed by atoms with E-state index in [4.69, 9.17) is 9.15 Å². The summed E-state index contributed by atoms with van der Waals surface area (Å²) in [5.74, 6) is 1.00. The van der Waals surface area contributed by atoms with Gasteiger partial charge in [0, 0.05) is 28.6 Å². The summed E-state index contributed by atoms with van der Waals surface area (Å²) < 4.78 is 13.5. The van der Waals surface area contributed by atoms with Gasteiger partial charge >= 0.3 is 5.63 Å². The second kappa shape index (κ2) is 5.75. The standard InChI is InChI=1S/C20H17N2O3/c1-12-15-8-16-14(10-22-6-4-3-5-7-22)11-24-18(16)13(2)19(15)25-20(23)17(12)9-21/h3-8,14H,10-11H2,1-2H3/q+1. The number of nitrogens with zero attached hydrogens (tertiary/aromatic N) is 2. The van der Waals surface area contributed by atoms with E-state index in [-0.39, 0.29) is 11.5 Å². The maximum atomic E-state index is 12.0. The fourth-order valence-electron chi connectivity index (χ4n) is 3.51. The molecule has 0 saturated carbocycles. The summed E-state index contributed by atoms with van der Waals surface area (Å²) in [6, 6.07) is 9.95. The summed E-state index contributed by atoms with van der Waals surface area (Å²) in [5, 5.41) is 10.0. The average Bonchev–Trinajstić information content (AvgIpc) is 3.01. The molecule has 124 valence electrons. The topological polar surface area (TPSA) is 67.1 Å². The Bertz CT molecular complexity index is 1080. The number of pyridine rings is 1. The van der Waals surface area contributed by atoms with Crippen molar-refractivity contribution in [3.05, 3.63) is 69.3 Å². The van der Waals surface area contributed by atoms with Gasteiger partial charge in [0.05, 0.1) is 5.92 Å². The molecule has 5 heteroatoms. The molecule has 3 aromatic rings. The van der Waals surface area contributed by atoms with Gasteiger partial charge in [-0.2, -0.15) is 5.26 Å². The minimum atomic E-state index is -0.593. The quantitative estimate of drug-likeness (QED) is 0.534. The molecule has 1 aromatic carbocycles. The van der Waals surface area contributed by atoms with Gasteiger partial charge in [0.25, 0.3) is 0 Å². The molecule has 4 rings (SSSR count). The molecule has 0 aliphatic carbocycles. The largest absolute Gasteiger partial charge is 0.492 e. The summed E-state index contributed by atoms with van der Waals surface area (Å²) in [4.78, 5) is 12.0. The molecule has 0 fully saturated rings. The molecule has 0 amide bonds. The van der Waals surface area contributed by atoms with Crippen LogP contribution < -0.4 is 14.9 Å². The number of nitriles is 1. The Morgan fingerprint density at radius 1 is 1.24 bits per heavy atom. The van der Waals surface area contributed by atoms with E-state index in [1.54, 1.807) is 6.92 Å². The average molecular weight is 333 g/mol. The molecule has 1 aliphatic rings. The van der Waals surface area contributed by atoms with Crippen molar-refractivity contribution < 1.29 is 13.7 Å². The molecule has 2 aromatic heterocycles. The van der Waals surface area contributed by atoms with Crippen molar-refractivity contribution in [2.75, 3.05) is 6.61 Å². The van der Waals surface area contributed by atoms with Gasteiger partial charge in [-0.3, -0.25) is 0 Å². The highest BCUT2D eigenvalue weighted by atomic mass is 16.5. The van der Waals surface area contributed by atoms with Crippen LogP contribution in [0.15, 0.2) is 45.9 Å². The van der Waals surface area contributed by atoms with Crippen LogP contribution in [-0.2, 0) is 6.54 Å². The van der Waals surface area contributed by atoms with Crippen LogP contribution in [0, 0.1) is 25.2 Å². The zero-order valence-electron chi connectivity index (χ0n) is 14.1. The summed E-state index contributed by atoms with van der Waals surface area (Å²) in [7, 11) is 0. The van der Waals surface area contributed by atoms with Gasteiger partial charge in [-0.05, 0) is 25.5 Å². The second-order valence-corrected chi connectivity index (χ2v) is 6.38. The Hall–Kier alpha value is -3.13. The van der Waals surface area contributed by atoms with E-state index in [9.17, 15) is 10.1 Å².